The van der Waals surface area contributed by atoms with Gasteiger partial charge in [0.15, 0.2) is 5.13 Å². The molecule has 1 aliphatic carbocycles. The third-order valence-electron chi connectivity index (χ3n) is 5.39. The van der Waals surface area contributed by atoms with Crippen LogP contribution in [0.5, 0.6) is 0 Å². The summed E-state index contributed by atoms with van der Waals surface area (Å²) in [4.78, 5) is 21.6. The summed E-state index contributed by atoms with van der Waals surface area (Å²) in [7, 11) is 0. The summed E-state index contributed by atoms with van der Waals surface area (Å²) in [5.41, 5.74) is 1.06. The fourth-order valence-corrected chi connectivity index (χ4v) is 4.78. The average molecular weight is 359 g/mol. The van der Waals surface area contributed by atoms with Crippen LogP contribution in [0.15, 0.2) is 24.3 Å². The van der Waals surface area contributed by atoms with Gasteiger partial charge in [0.1, 0.15) is 0 Å². The van der Waals surface area contributed by atoms with E-state index in [1.165, 1.54) is 17.5 Å². The molecule has 1 amide bonds. The Kier molecular flexibility index (Phi) is 5.17. The number of hydrogen-bond donors (Lipinski definition) is 1. The van der Waals surface area contributed by atoms with E-state index in [-0.39, 0.29) is 0 Å². The van der Waals surface area contributed by atoms with Crippen molar-refractivity contribution in [2.75, 3.05) is 44.6 Å². The first-order chi connectivity index (χ1) is 12.3. The van der Waals surface area contributed by atoms with Crippen LogP contribution in [0.1, 0.15) is 25.7 Å². The number of nitrogens with zero attached hydrogens (tertiary/aromatic N) is 3. The van der Waals surface area contributed by atoms with Crippen molar-refractivity contribution in [3.05, 3.63) is 24.3 Å². The molecule has 1 aromatic heterocycles. The molecule has 5 nitrogen and oxygen atoms in total. The lowest BCUT2D eigenvalue weighted by Gasteiger charge is -2.36. The van der Waals surface area contributed by atoms with Crippen molar-refractivity contribution < 1.29 is 4.79 Å². The first-order valence-corrected chi connectivity index (χ1v) is 10.2. The van der Waals surface area contributed by atoms with Crippen LogP contribution in [0.3, 0.4) is 0 Å². The van der Waals surface area contributed by atoms with E-state index in [1.54, 1.807) is 11.3 Å². The molecule has 2 aliphatic rings. The Bertz CT molecular complexity index is 684. The minimum atomic E-state index is 0.312. The highest BCUT2D eigenvalue weighted by molar-refractivity contribution is 7.22. The van der Waals surface area contributed by atoms with Gasteiger partial charge < -0.3 is 10.2 Å². The topological polar surface area (TPSA) is 48.5 Å². The molecule has 1 aromatic carbocycles. The number of hydrogen-bond acceptors (Lipinski definition) is 5. The molecule has 0 radical (unpaired) electrons. The van der Waals surface area contributed by atoms with Gasteiger partial charge in [-0.25, -0.2) is 4.98 Å². The maximum absolute atomic E-state index is 12.5. The molecule has 2 fully saturated rings. The predicted molar refractivity (Wildman–Crippen MR) is 103 cm³/mol. The van der Waals surface area contributed by atoms with Gasteiger partial charge in [0.2, 0.25) is 5.91 Å². The van der Waals surface area contributed by atoms with E-state index in [0.717, 1.165) is 62.8 Å². The van der Waals surface area contributed by atoms with Crippen LogP contribution < -0.4 is 5.32 Å². The molecule has 0 bridgehead atoms. The van der Waals surface area contributed by atoms with Crippen LogP contribution in [0, 0.1) is 5.92 Å². The zero-order valence-electron chi connectivity index (χ0n) is 14.6. The van der Waals surface area contributed by atoms with E-state index in [0.29, 0.717) is 11.8 Å². The van der Waals surface area contributed by atoms with Gasteiger partial charge >= 0.3 is 0 Å². The lowest BCUT2D eigenvalue weighted by Crippen LogP contribution is -2.50. The molecule has 4 rings (SSSR count). The number of fused-ring (bicyclic) bond motifs is 1. The lowest BCUT2D eigenvalue weighted by atomic mass is 10.1. The largest absolute Gasteiger partial charge is 0.360 e. The van der Waals surface area contributed by atoms with E-state index in [1.807, 2.05) is 6.07 Å². The van der Waals surface area contributed by atoms with Crippen molar-refractivity contribution in [3.8, 4) is 0 Å². The Morgan fingerprint density at radius 2 is 1.92 bits per heavy atom. The van der Waals surface area contributed by atoms with E-state index in [9.17, 15) is 4.79 Å². The number of carbonyl (C=O) groups is 1. The van der Waals surface area contributed by atoms with Gasteiger partial charge in [-0.15, -0.1) is 0 Å². The van der Waals surface area contributed by atoms with Crippen LogP contribution in [0.4, 0.5) is 5.13 Å². The molecule has 2 heterocycles. The van der Waals surface area contributed by atoms with E-state index in [2.05, 4.69) is 38.3 Å². The van der Waals surface area contributed by atoms with E-state index in [4.69, 9.17) is 0 Å². The number of nitrogens with one attached hydrogen (secondary N) is 1. The summed E-state index contributed by atoms with van der Waals surface area (Å²) in [6.45, 7) is 5.64. The normalized spacial score (nSPS) is 19.6. The Morgan fingerprint density at radius 3 is 2.68 bits per heavy atom. The van der Waals surface area contributed by atoms with Gasteiger partial charge in [0.05, 0.1) is 10.2 Å². The van der Waals surface area contributed by atoms with E-state index >= 15 is 0 Å². The zero-order chi connectivity index (χ0) is 17.1. The second kappa shape index (κ2) is 7.70. The van der Waals surface area contributed by atoms with Crippen molar-refractivity contribution in [1.29, 1.82) is 0 Å². The van der Waals surface area contributed by atoms with Crippen LogP contribution in [0.2, 0.25) is 0 Å². The molecule has 0 atom stereocenters. The quantitative estimate of drug-likeness (QED) is 0.892. The number of rotatable bonds is 5. The van der Waals surface area contributed by atoms with Crippen molar-refractivity contribution in [3.63, 3.8) is 0 Å². The minimum Gasteiger partial charge on any atom is -0.360 e. The van der Waals surface area contributed by atoms with Gasteiger partial charge in [0, 0.05) is 45.2 Å². The number of benzene rings is 1. The Balaban J connectivity index is 1.20. The van der Waals surface area contributed by atoms with Crippen molar-refractivity contribution in [2.24, 2.45) is 5.92 Å². The molecule has 1 aliphatic heterocycles. The number of anilines is 1. The number of amides is 1. The molecule has 2 aromatic rings. The van der Waals surface area contributed by atoms with Gasteiger partial charge in [-0.3, -0.25) is 9.69 Å². The highest BCUT2D eigenvalue weighted by Gasteiger charge is 2.29. The summed E-state index contributed by atoms with van der Waals surface area (Å²) in [6.07, 6.45) is 4.66. The maximum Gasteiger partial charge on any atom is 0.225 e. The number of carbonyl (C=O) groups excluding carboxylic acids is 1. The number of thiazole rings is 1. The minimum absolute atomic E-state index is 0.312. The molecule has 1 N–H and O–H groups in total. The fraction of sp³-hybridized carbons (Fsp3) is 0.579. The van der Waals surface area contributed by atoms with Crippen molar-refractivity contribution in [1.82, 2.24) is 14.8 Å². The molecular weight excluding hydrogens is 332 g/mol. The third-order valence-corrected chi connectivity index (χ3v) is 6.38. The van der Waals surface area contributed by atoms with Crippen LogP contribution in [0.25, 0.3) is 10.2 Å². The number of para-hydroxylation sites is 1. The van der Waals surface area contributed by atoms with Crippen molar-refractivity contribution in [2.45, 2.75) is 25.7 Å². The summed E-state index contributed by atoms with van der Waals surface area (Å²) in [5, 5.41) is 4.44. The van der Waals surface area contributed by atoms with Crippen LogP contribution in [-0.2, 0) is 4.79 Å². The van der Waals surface area contributed by atoms with Crippen LogP contribution in [-0.4, -0.2) is 60.0 Å². The highest BCUT2D eigenvalue weighted by atomic mass is 32.1. The SMILES string of the molecule is O=C(C1CCCC1)N1CCN(CCNc2nc3ccccc3s2)CC1. The molecule has 6 heteroatoms. The lowest BCUT2D eigenvalue weighted by molar-refractivity contribution is -0.137. The fourth-order valence-electron chi connectivity index (χ4n) is 3.89. The van der Waals surface area contributed by atoms with Gasteiger partial charge in [-0.1, -0.05) is 36.3 Å². The molecule has 1 saturated carbocycles. The Hall–Kier alpha value is -1.66. The van der Waals surface area contributed by atoms with Gasteiger partial charge in [0.25, 0.3) is 0 Å². The number of aromatic nitrogens is 1. The number of piperazine rings is 1. The van der Waals surface area contributed by atoms with Crippen molar-refractivity contribution >= 4 is 32.6 Å². The molecule has 0 spiro atoms. The summed E-state index contributed by atoms with van der Waals surface area (Å²) >= 11 is 1.71. The predicted octanol–water partition coefficient (Wildman–Crippen LogP) is 3.04. The average Bonchev–Trinajstić information content (AvgIpc) is 3.31. The molecule has 25 heavy (non-hydrogen) atoms. The first-order valence-electron chi connectivity index (χ1n) is 9.40. The van der Waals surface area contributed by atoms with Crippen LogP contribution >= 0.6 is 11.3 Å². The maximum atomic E-state index is 12.5. The molecule has 0 unspecified atom stereocenters. The van der Waals surface area contributed by atoms with Gasteiger partial charge in [-0.05, 0) is 25.0 Å². The zero-order valence-corrected chi connectivity index (χ0v) is 15.4. The highest BCUT2D eigenvalue weighted by Crippen LogP contribution is 2.27. The molecular formula is C19H26N4OS. The Labute approximate surface area is 153 Å². The second-order valence-electron chi connectivity index (χ2n) is 7.06. The van der Waals surface area contributed by atoms with Gasteiger partial charge in [-0.2, -0.15) is 0 Å². The smallest absolute Gasteiger partial charge is 0.225 e. The monoisotopic (exact) mass is 358 g/mol. The standard InChI is InChI=1S/C19H26N4OS/c24-18(15-5-1-2-6-15)23-13-11-22(12-14-23)10-9-20-19-21-16-7-3-4-8-17(16)25-19/h3-4,7-8,15H,1-2,5-6,9-14H2,(H,20,21). The van der Waals surface area contributed by atoms with E-state index < -0.39 is 0 Å². The Morgan fingerprint density at radius 1 is 1.16 bits per heavy atom. The second-order valence-corrected chi connectivity index (χ2v) is 8.09. The third kappa shape index (κ3) is 3.96. The summed E-state index contributed by atoms with van der Waals surface area (Å²) in [5.74, 6) is 0.719. The first kappa shape index (κ1) is 16.8. The summed E-state index contributed by atoms with van der Waals surface area (Å²) < 4.78 is 1.23. The molecule has 1 saturated heterocycles. The summed E-state index contributed by atoms with van der Waals surface area (Å²) in [6, 6.07) is 8.24. The molecule has 134 valence electrons.